The van der Waals surface area contributed by atoms with Gasteiger partial charge in [-0.3, -0.25) is 0 Å². The Bertz CT molecular complexity index is 408. The SMILES string of the molecule is CCC1CCCCC1Oc1c(F)cccc1CNC. The second-order valence-electron chi connectivity index (χ2n) is 5.37. The van der Waals surface area contributed by atoms with Crippen LogP contribution in [0.3, 0.4) is 0 Å². The molecule has 1 aliphatic carbocycles. The lowest BCUT2D eigenvalue weighted by atomic mass is 9.84. The molecule has 106 valence electrons. The summed E-state index contributed by atoms with van der Waals surface area (Å²) < 4.78 is 20.1. The fourth-order valence-corrected chi connectivity index (χ4v) is 2.96. The molecule has 2 nitrogen and oxygen atoms in total. The number of hydrogen-bond acceptors (Lipinski definition) is 2. The third-order valence-corrected chi connectivity index (χ3v) is 4.05. The number of benzene rings is 1. The quantitative estimate of drug-likeness (QED) is 0.872. The van der Waals surface area contributed by atoms with Crippen molar-refractivity contribution in [3.05, 3.63) is 29.6 Å². The van der Waals surface area contributed by atoms with Gasteiger partial charge in [-0.25, -0.2) is 4.39 Å². The van der Waals surface area contributed by atoms with Gasteiger partial charge in [-0.2, -0.15) is 0 Å². The number of halogens is 1. The Morgan fingerprint density at radius 3 is 2.84 bits per heavy atom. The van der Waals surface area contributed by atoms with Gasteiger partial charge < -0.3 is 10.1 Å². The minimum Gasteiger partial charge on any atom is -0.487 e. The van der Waals surface area contributed by atoms with Crippen LogP contribution in [-0.4, -0.2) is 13.2 Å². The van der Waals surface area contributed by atoms with Gasteiger partial charge in [-0.05, 0) is 44.7 Å². The maximum Gasteiger partial charge on any atom is 0.165 e. The second kappa shape index (κ2) is 6.90. The molecule has 0 saturated heterocycles. The Morgan fingerprint density at radius 2 is 2.11 bits per heavy atom. The molecule has 2 unspecified atom stereocenters. The van der Waals surface area contributed by atoms with E-state index in [2.05, 4.69) is 12.2 Å². The lowest BCUT2D eigenvalue weighted by Gasteiger charge is -2.32. The fraction of sp³-hybridized carbons (Fsp3) is 0.625. The number of para-hydroxylation sites is 1. The molecule has 1 aromatic rings. The van der Waals surface area contributed by atoms with Crippen LogP contribution >= 0.6 is 0 Å². The van der Waals surface area contributed by atoms with Gasteiger partial charge in [0.2, 0.25) is 0 Å². The van der Waals surface area contributed by atoms with Gasteiger partial charge in [0.15, 0.2) is 11.6 Å². The highest BCUT2D eigenvalue weighted by molar-refractivity contribution is 5.35. The minimum atomic E-state index is -0.242. The van der Waals surface area contributed by atoms with Gasteiger partial charge in [0.05, 0.1) is 0 Å². The monoisotopic (exact) mass is 265 g/mol. The van der Waals surface area contributed by atoms with Crippen LogP contribution in [0.15, 0.2) is 18.2 Å². The molecular formula is C16H24FNO. The number of hydrogen-bond donors (Lipinski definition) is 1. The summed E-state index contributed by atoms with van der Waals surface area (Å²) in [6.45, 7) is 2.83. The van der Waals surface area contributed by atoms with E-state index in [0.29, 0.717) is 18.2 Å². The maximum absolute atomic E-state index is 14.0. The van der Waals surface area contributed by atoms with E-state index in [0.717, 1.165) is 18.4 Å². The molecule has 0 spiro atoms. The summed E-state index contributed by atoms with van der Waals surface area (Å²) >= 11 is 0. The fourth-order valence-electron chi connectivity index (χ4n) is 2.96. The first-order valence-electron chi connectivity index (χ1n) is 7.35. The molecule has 1 aliphatic rings. The normalized spacial score (nSPS) is 23.3. The second-order valence-corrected chi connectivity index (χ2v) is 5.37. The molecule has 2 atom stereocenters. The third-order valence-electron chi connectivity index (χ3n) is 4.05. The summed E-state index contributed by atoms with van der Waals surface area (Å²) in [6.07, 6.45) is 6.01. The van der Waals surface area contributed by atoms with Gasteiger partial charge in [0.25, 0.3) is 0 Å². The van der Waals surface area contributed by atoms with Crippen LogP contribution in [0.25, 0.3) is 0 Å². The van der Waals surface area contributed by atoms with Crippen molar-refractivity contribution in [2.45, 2.75) is 51.7 Å². The summed E-state index contributed by atoms with van der Waals surface area (Å²) in [7, 11) is 1.87. The molecule has 3 heteroatoms. The largest absolute Gasteiger partial charge is 0.487 e. The van der Waals surface area contributed by atoms with Gasteiger partial charge in [0.1, 0.15) is 6.10 Å². The standard InChI is InChI=1S/C16H24FNO/c1-3-12-7-4-5-10-15(12)19-16-13(11-18-2)8-6-9-14(16)17/h6,8-9,12,15,18H,3-5,7,10-11H2,1-2H3. The maximum atomic E-state index is 14.0. The van der Waals surface area contributed by atoms with Crippen molar-refractivity contribution in [3.63, 3.8) is 0 Å². The molecule has 1 aromatic carbocycles. The van der Waals surface area contributed by atoms with E-state index >= 15 is 0 Å². The first-order chi connectivity index (χ1) is 9.26. The summed E-state index contributed by atoms with van der Waals surface area (Å²) in [4.78, 5) is 0. The molecule has 0 amide bonds. The van der Waals surface area contributed by atoms with Crippen molar-refractivity contribution in [2.75, 3.05) is 7.05 Å². The minimum absolute atomic E-state index is 0.172. The average Bonchev–Trinajstić information content (AvgIpc) is 2.43. The van der Waals surface area contributed by atoms with Crippen LogP contribution in [0.5, 0.6) is 5.75 Å². The highest BCUT2D eigenvalue weighted by atomic mass is 19.1. The molecule has 1 saturated carbocycles. The molecule has 0 aliphatic heterocycles. The van der Waals surface area contributed by atoms with Crippen LogP contribution in [0.2, 0.25) is 0 Å². The van der Waals surface area contributed by atoms with Crippen molar-refractivity contribution in [1.29, 1.82) is 0 Å². The highest BCUT2D eigenvalue weighted by Gasteiger charge is 2.26. The van der Waals surface area contributed by atoms with Gasteiger partial charge in [0, 0.05) is 12.1 Å². The number of rotatable bonds is 5. The predicted molar refractivity (Wildman–Crippen MR) is 75.8 cm³/mol. The Labute approximate surface area is 115 Å². The van der Waals surface area contributed by atoms with Crippen LogP contribution in [0, 0.1) is 11.7 Å². The molecule has 0 radical (unpaired) electrons. The van der Waals surface area contributed by atoms with Gasteiger partial charge in [-0.1, -0.05) is 25.5 Å². The molecule has 0 bridgehead atoms. The van der Waals surface area contributed by atoms with Crippen LogP contribution in [0.4, 0.5) is 4.39 Å². The first-order valence-corrected chi connectivity index (χ1v) is 7.35. The van der Waals surface area contributed by atoms with Crippen molar-refractivity contribution in [2.24, 2.45) is 5.92 Å². The summed E-state index contributed by atoms with van der Waals surface area (Å²) in [5.74, 6) is 0.770. The number of ether oxygens (including phenoxy) is 1. The Balaban J connectivity index is 2.16. The van der Waals surface area contributed by atoms with E-state index < -0.39 is 0 Å². The summed E-state index contributed by atoms with van der Waals surface area (Å²) in [6, 6.07) is 5.16. The summed E-state index contributed by atoms with van der Waals surface area (Å²) in [5, 5.41) is 3.07. The van der Waals surface area contributed by atoms with E-state index in [9.17, 15) is 4.39 Å². The topological polar surface area (TPSA) is 21.3 Å². The van der Waals surface area contributed by atoms with E-state index in [1.54, 1.807) is 6.07 Å². The van der Waals surface area contributed by atoms with Gasteiger partial charge >= 0.3 is 0 Å². The zero-order chi connectivity index (χ0) is 13.7. The molecule has 0 heterocycles. The number of nitrogens with one attached hydrogen (secondary N) is 1. The van der Waals surface area contributed by atoms with Crippen molar-refractivity contribution in [3.8, 4) is 5.75 Å². The summed E-state index contributed by atoms with van der Waals surface area (Å²) in [5.41, 5.74) is 0.905. The first kappa shape index (κ1) is 14.3. The zero-order valence-electron chi connectivity index (χ0n) is 11.9. The van der Waals surface area contributed by atoms with E-state index in [1.807, 2.05) is 13.1 Å². The van der Waals surface area contributed by atoms with Crippen LogP contribution < -0.4 is 10.1 Å². The lowest BCUT2D eigenvalue weighted by Crippen LogP contribution is -2.30. The predicted octanol–water partition coefficient (Wildman–Crippen LogP) is 3.89. The molecule has 2 rings (SSSR count). The van der Waals surface area contributed by atoms with E-state index in [1.165, 1.54) is 25.3 Å². The van der Waals surface area contributed by atoms with Crippen molar-refractivity contribution < 1.29 is 9.13 Å². The molecule has 0 aromatic heterocycles. The Hall–Kier alpha value is -1.09. The third kappa shape index (κ3) is 3.47. The highest BCUT2D eigenvalue weighted by Crippen LogP contribution is 2.33. The molecule has 19 heavy (non-hydrogen) atoms. The van der Waals surface area contributed by atoms with Gasteiger partial charge in [-0.15, -0.1) is 0 Å². The van der Waals surface area contributed by atoms with Crippen LogP contribution in [-0.2, 0) is 6.54 Å². The van der Waals surface area contributed by atoms with Crippen molar-refractivity contribution in [1.82, 2.24) is 5.32 Å². The lowest BCUT2D eigenvalue weighted by molar-refractivity contribution is 0.0851. The molecule has 1 N–H and O–H groups in total. The molecular weight excluding hydrogens is 241 g/mol. The Kier molecular flexibility index (Phi) is 5.20. The Morgan fingerprint density at radius 1 is 1.32 bits per heavy atom. The van der Waals surface area contributed by atoms with Crippen molar-refractivity contribution >= 4 is 0 Å². The smallest absolute Gasteiger partial charge is 0.165 e. The van der Waals surface area contributed by atoms with Crippen LogP contribution in [0.1, 0.15) is 44.6 Å². The molecule has 1 fully saturated rings. The average molecular weight is 265 g/mol. The zero-order valence-corrected chi connectivity index (χ0v) is 11.9. The van der Waals surface area contributed by atoms with E-state index in [-0.39, 0.29) is 11.9 Å². The van der Waals surface area contributed by atoms with E-state index in [4.69, 9.17) is 4.74 Å².